The minimum atomic E-state index is -0.621. The standard InChI is InChI=1S/C20H28F2O/c1-3-5-13-6-7-18(20(22)19(13)21)16-9-14(10-16)15-11-17(12-15)23-8-4-2/h6-7,14-17H,3-5,8-12H2,1-2H3. The molecule has 23 heavy (non-hydrogen) atoms. The maximum atomic E-state index is 14.3. The van der Waals surface area contributed by atoms with Gasteiger partial charge in [-0.15, -0.1) is 0 Å². The SMILES string of the molecule is CCCOC1CC(C2CC(c3ccc(CCC)c(F)c3F)C2)C1. The molecule has 0 bridgehead atoms. The third-order valence-electron chi connectivity index (χ3n) is 5.68. The van der Waals surface area contributed by atoms with Gasteiger partial charge in [-0.25, -0.2) is 8.78 Å². The van der Waals surface area contributed by atoms with Gasteiger partial charge in [-0.2, -0.15) is 0 Å². The van der Waals surface area contributed by atoms with E-state index in [2.05, 4.69) is 6.92 Å². The molecule has 1 aromatic carbocycles. The molecule has 0 saturated heterocycles. The first-order valence-electron chi connectivity index (χ1n) is 9.22. The Morgan fingerprint density at radius 2 is 1.65 bits per heavy atom. The Morgan fingerprint density at radius 3 is 2.30 bits per heavy atom. The molecule has 0 unspecified atom stereocenters. The van der Waals surface area contributed by atoms with Gasteiger partial charge in [0.25, 0.3) is 0 Å². The molecule has 3 heteroatoms. The van der Waals surface area contributed by atoms with Gasteiger partial charge in [0.2, 0.25) is 0 Å². The summed E-state index contributed by atoms with van der Waals surface area (Å²) in [5.41, 5.74) is 1.11. The molecule has 2 saturated carbocycles. The van der Waals surface area contributed by atoms with Crippen LogP contribution < -0.4 is 0 Å². The lowest BCUT2D eigenvalue weighted by molar-refractivity contribution is -0.0618. The molecule has 0 aromatic heterocycles. The fourth-order valence-electron chi connectivity index (χ4n) is 4.09. The van der Waals surface area contributed by atoms with Crippen LogP contribution in [0.15, 0.2) is 12.1 Å². The van der Waals surface area contributed by atoms with Crippen LogP contribution in [-0.2, 0) is 11.2 Å². The average molecular weight is 322 g/mol. The molecule has 3 rings (SSSR count). The van der Waals surface area contributed by atoms with Gasteiger partial charge in [0, 0.05) is 6.61 Å². The average Bonchev–Trinajstić information content (AvgIpc) is 2.46. The number of hydrogen-bond donors (Lipinski definition) is 0. The lowest BCUT2D eigenvalue weighted by Gasteiger charge is -2.47. The summed E-state index contributed by atoms with van der Waals surface area (Å²) in [4.78, 5) is 0. The highest BCUT2D eigenvalue weighted by molar-refractivity contribution is 5.30. The van der Waals surface area contributed by atoms with Gasteiger partial charge >= 0.3 is 0 Å². The lowest BCUT2D eigenvalue weighted by atomic mass is 9.60. The fourth-order valence-corrected chi connectivity index (χ4v) is 4.09. The van der Waals surface area contributed by atoms with Gasteiger partial charge in [-0.3, -0.25) is 0 Å². The van der Waals surface area contributed by atoms with Crippen LogP contribution in [0.25, 0.3) is 0 Å². The van der Waals surface area contributed by atoms with Gasteiger partial charge < -0.3 is 4.74 Å². The van der Waals surface area contributed by atoms with Gasteiger partial charge in [0.05, 0.1) is 6.10 Å². The second kappa shape index (κ2) is 7.29. The minimum absolute atomic E-state index is 0.209. The van der Waals surface area contributed by atoms with E-state index in [-0.39, 0.29) is 5.92 Å². The molecular weight excluding hydrogens is 294 g/mol. The van der Waals surface area contributed by atoms with Crippen molar-refractivity contribution in [2.75, 3.05) is 6.61 Å². The van der Waals surface area contributed by atoms with Crippen LogP contribution in [0.2, 0.25) is 0 Å². The van der Waals surface area contributed by atoms with E-state index in [1.807, 2.05) is 13.0 Å². The van der Waals surface area contributed by atoms with Gasteiger partial charge in [0.15, 0.2) is 11.6 Å². The van der Waals surface area contributed by atoms with E-state index in [1.165, 1.54) is 0 Å². The van der Waals surface area contributed by atoms with E-state index in [0.717, 1.165) is 51.0 Å². The van der Waals surface area contributed by atoms with Crippen LogP contribution in [0.4, 0.5) is 8.78 Å². The highest BCUT2D eigenvalue weighted by Gasteiger charge is 2.43. The zero-order valence-corrected chi connectivity index (χ0v) is 14.3. The second-order valence-corrected chi connectivity index (χ2v) is 7.34. The van der Waals surface area contributed by atoms with Crippen molar-refractivity contribution in [1.29, 1.82) is 0 Å². The van der Waals surface area contributed by atoms with Crippen LogP contribution in [-0.4, -0.2) is 12.7 Å². The van der Waals surface area contributed by atoms with E-state index < -0.39 is 11.6 Å². The number of benzene rings is 1. The summed E-state index contributed by atoms with van der Waals surface area (Å²) in [6.45, 7) is 4.98. The summed E-state index contributed by atoms with van der Waals surface area (Å²) >= 11 is 0. The van der Waals surface area contributed by atoms with Crippen molar-refractivity contribution in [2.45, 2.75) is 70.8 Å². The van der Waals surface area contributed by atoms with Crippen LogP contribution in [0.5, 0.6) is 0 Å². The Balaban J connectivity index is 1.51. The molecule has 1 aromatic rings. The van der Waals surface area contributed by atoms with E-state index >= 15 is 0 Å². The smallest absolute Gasteiger partial charge is 0.162 e. The van der Waals surface area contributed by atoms with Crippen LogP contribution in [0, 0.1) is 23.5 Å². The molecular formula is C20H28F2O. The molecule has 128 valence electrons. The van der Waals surface area contributed by atoms with E-state index in [0.29, 0.717) is 29.6 Å². The monoisotopic (exact) mass is 322 g/mol. The highest BCUT2D eigenvalue weighted by atomic mass is 19.2. The third kappa shape index (κ3) is 3.45. The molecule has 0 spiro atoms. The van der Waals surface area contributed by atoms with Crippen LogP contribution in [0.1, 0.15) is 69.4 Å². The highest BCUT2D eigenvalue weighted by Crippen LogP contribution is 2.52. The predicted molar refractivity (Wildman–Crippen MR) is 88.6 cm³/mol. The number of halogens is 2. The van der Waals surface area contributed by atoms with E-state index in [1.54, 1.807) is 6.07 Å². The quantitative estimate of drug-likeness (QED) is 0.633. The molecule has 2 aliphatic carbocycles. The molecule has 0 aliphatic heterocycles. The number of ether oxygens (including phenoxy) is 1. The van der Waals surface area contributed by atoms with Crippen molar-refractivity contribution in [3.8, 4) is 0 Å². The first-order chi connectivity index (χ1) is 11.1. The van der Waals surface area contributed by atoms with E-state index in [4.69, 9.17) is 4.74 Å². The summed E-state index contributed by atoms with van der Waals surface area (Å²) < 4.78 is 34.1. The molecule has 2 fully saturated rings. The largest absolute Gasteiger partial charge is 0.378 e. The number of hydrogen-bond acceptors (Lipinski definition) is 1. The van der Waals surface area contributed by atoms with E-state index in [9.17, 15) is 8.78 Å². The van der Waals surface area contributed by atoms with Crippen LogP contribution in [0.3, 0.4) is 0 Å². The second-order valence-electron chi connectivity index (χ2n) is 7.34. The fraction of sp³-hybridized carbons (Fsp3) is 0.700. The Kier molecular flexibility index (Phi) is 5.35. The number of aryl methyl sites for hydroxylation is 1. The summed E-state index contributed by atoms with van der Waals surface area (Å²) in [7, 11) is 0. The predicted octanol–water partition coefficient (Wildman–Crippen LogP) is 5.62. The van der Waals surface area contributed by atoms with Crippen molar-refractivity contribution < 1.29 is 13.5 Å². The summed E-state index contributed by atoms with van der Waals surface area (Å²) in [6.07, 6.45) is 7.30. The van der Waals surface area contributed by atoms with Gasteiger partial charge in [-0.1, -0.05) is 32.4 Å². The Hall–Kier alpha value is -0.960. The van der Waals surface area contributed by atoms with Crippen molar-refractivity contribution in [3.63, 3.8) is 0 Å². The van der Waals surface area contributed by atoms with Crippen LogP contribution >= 0.6 is 0 Å². The zero-order chi connectivity index (χ0) is 16.4. The first-order valence-corrected chi connectivity index (χ1v) is 9.22. The minimum Gasteiger partial charge on any atom is -0.378 e. The Morgan fingerprint density at radius 1 is 0.957 bits per heavy atom. The molecule has 0 radical (unpaired) electrons. The van der Waals surface area contributed by atoms with Gasteiger partial charge in [0.1, 0.15) is 0 Å². The summed E-state index contributed by atoms with van der Waals surface area (Å²) in [5.74, 6) is 0.405. The topological polar surface area (TPSA) is 9.23 Å². The van der Waals surface area contributed by atoms with Crippen molar-refractivity contribution in [3.05, 3.63) is 34.9 Å². The maximum absolute atomic E-state index is 14.3. The van der Waals surface area contributed by atoms with Crippen molar-refractivity contribution in [1.82, 2.24) is 0 Å². The zero-order valence-electron chi connectivity index (χ0n) is 14.3. The molecule has 0 N–H and O–H groups in total. The van der Waals surface area contributed by atoms with Gasteiger partial charge in [-0.05, 0) is 67.4 Å². The van der Waals surface area contributed by atoms with Crippen molar-refractivity contribution in [2.24, 2.45) is 11.8 Å². The molecule has 2 aliphatic rings. The maximum Gasteiger partial charge on any atom is 0.162 e. The van der Waals surface area contributed by atoms with Crippen molar-refractivity contribution >= 4 is 0 Å². The lowest BCUT2D eigenvalue weighted by Crippen LogP contribution is -2.41. The molecule has 0 amide bonds. The molecule has 0 atom stereocenters. The third-order valence-corrected chi connectivity index (χ3v) is 5.68. The Labute approximate surface area is 138 Å². The Bertz CT molecular complexity index is 531. The summed E-state index contributed by atoms with van der Waals surface area (Å²) in [5, 5.41) is 0. The summed E-state index contributed by atoms with van der Waals surface area (Å²) in [6, 6.07) is 3.60. The first kappa shape index (κ1) is 16.9. The molecule has 0 heterocycles. The normalized spacial score (nSPS) is 29.9. The number of rotatable bonds is 7. The molecule has 1 nitrogen and oxygen atoms in total.